The highest BCUT2D eigenvalue weighted by Crippen LogP contribution is 2.22. The van der Waals surface area contributed by atoms with Crippen LogP contribution in [0.3, 0.4) is 0 Å². The minimum absolute atomic E-state index is 0.0355. The van der Waals surface area contributed by atoms with Crippen LogP contribution in [0.1, 0.15) is 18.9 Å². The van der Waals surface area contributed by atoms with Crippen molar-refractivity contribution in [1.82, 2.24) is 4.98 Å². The molecule has 0 aliphatic heterocycles. The Morgan fingerprint density at radius 1 is 1.29 bits per heavy atom. The Labute approximate surface area is 122 Å². The van der Waals surface area contributed by atoms with E-state index in [2.05, 4.69) is 10.3 Å². The van der Waals surface area contributed by atoms with Crippen LogP contribution in [0.4, 0.5) is 11.5 Å². The van der Waals surface area contributed by atoms with E-state index in [0.717, 1.165) is 12.0 Å². The first-order valence-corrected chi connectivity index (χ1v) is 6.76. The second-order valence-electron chi connectivity index (χ2n) is 4.51. The van der Waals surface area contributed by atoms with Gasteiger partial charge in [0.1, 0.15) is 12.4 Å². The SMILES string of the molecule is CCCNc1cc([N+](=O)[O-])cc(OCc2ccccc2)n1. The van der Waals surface area contributed by atoms with E-state index in [4.69, 9.17) is 4.74 Å². The van der Waals surface area contributed by atoms with Crippen molar-refractivity contribution < 1.29 is 9.66 Å². The molecular weight excluding hydrogens is 270 g/mol. The van der Waals surface area contributed by atoms with Gasteiger partial charge in [-0.3, -0.25) is 10.1 Å². The quantitative estimate of drug-likeness (QED) is 0.624. The molecule has 0 amide bonds. The Morgan fingerprint density at radius 3 is 2.71 bits per heavy atom. The number of hydrogen-bond donors (Lipinski definition) is 1. The van der Waals surface area contributed by atoms with Crippen LogP contribution in [0.25, 0.3) is 0 Å². The lowest BCUT2D eigenvalue weighted by atomic mass is 10.2. The third-order valence-corrected chi connectivity index (χ3v) is 2.78. The van der Waals surface area contributed by atoms with E-state index in [9.17, 15) is 10.1 Å². The normalized spacial score (nSPS) is 10.1. The summed E-state index contributed by atoms with van der Waals surface area (Å²) in [6, 6.07) is 12.3. The van der Waals surface area contributed by atoms with Crippen molar-refractivity contribution in [2.24, 2.45) is 0 Å². The number of nitrogens with one attached hydrogen (secondary N) is 1. The van der Waals surface area contributed by atoms with Gasteiger partial charge in [-0.15, -0.1) is 0 Å². The predicted octanol–water partition coefficient (Wildman–Crippen LogP) is 3.39. The standard InChI is InChI=1S/C15H17N3O3/c1-2-8-16-14-9-13(18(19)20)10-15(17-14)21-11-12-6-4-3-5-7-12/h3-7,9-10H,2,8,11H2,1H3,(H,16,17). The summed E-state index contributed by atoms with van der Waals surface area (Å²) in [5, 5.41) is 14.0. The molecule has 0 fully saturated rings. The molecule has 0 aliphatic carbocycles. The Balaban J connectivity index is 2.13. The van der Waals surface area contributed by atoms with Gasteiger partial charge in [0.05, 0.1) is 17.1 Å². The van der Waals surface area contributed by atoms with E-state index in [1.807, 2.05) is 37.3 Å². The summed E-state index contributed by atoms with van der Waals surface area (Å²) in [4.78, 5) is 14.7. The molecule has 0 radical (unpaired) electrons. The van der Waals surface area contributed by atoms with Gasteiger partial charge < -0.3 is 10.1 Å². The fourth-order valence-electron chi connectivity index (χ4n) is 1.75. The number of nitrogens with zero attached hydrogens (tertiary/aromatic N) is 2. The van der Waals surface area contributed by atoms with E-state index in [-0.39, 0.29) is 11.6 Å². The molecule has 2 aromatic rings. The number of aromatic nitrogens is 1. The maximum Gasteiger partial charge on any atom is 0.278 e. The molecule has 0 aliphatic rings. The van der Waals surface area contributed by atoms with Crippen LogP contribution in [0.5, 0.6) is 5.88 Å². The molecule has 0 bridgehead atoms. The summed E-state index contributed by atoms with van der Waals surface area (Å²) in [6.45, 7) is 3.03. The van der Waals surface area contributed by atoms with Crippen molar-refractivity contribution in [2.75, 3.05) is 11.9 Å². The molecule has 1 N–H and O–H groups in total. The molecular formula is C15H17N3O3. The third-order valence-electron chi connectivity index (χ3n) is 2.78. The summed E-state index contributed by atoms with van der Waals surface area (Å²) in [7, 11) is 0. The Morgan fingerprint density at radius 2 is 2.05 bits per heavy atom. The minimum atomic E-state index is -0.450. The number of pyridine rings is 1. The molecule has 6 nitrogen and oxygen atoms in total. The number of ether oxygens (including phenoxy) is 1. The highest BCUT2D eigenvalue weighted by Gasteiger charge is 2.12. The summed E-state index contributed by atoms with van der Waals surface area (Å²) in [5.41, 5.74) is 0.945. The lowest BCUT2D eigenvalue weighted by Crippen LogP contribution is -2.05. The zero-order valence-electron chi connectivity index (χ0n) is 11.8. The zero-order valence-corrected chi connectivity index (χ0v) is 11.8. The molecule has 0 saturated carbocycles. The van der Waals surface area contributed by atoms with Gasteiger partial charge in [-0.2, -0.15) is 4.98 Å². The molecule has 0 unspecified atom stereocenters. The van der Waals surface area contributed by atoms with Crippen molar-refractivity contribution in [3.05, 3.63) is 58.1 Å². The molecule has 0 spiro atoms. The average molecular weight is 287 g/mol. The Kier molecular flexibility index (Phi) is 5.09. The predicted molar refractivity (Wildman–Crippen MR) is 80.4 cm³/mol. The second-order valence-corrected chi connectivity index (χ2v) is 4.51. The fourth-order valence-corrected chi connectivity index (χ4v) is 1.75. The van der Waals surface area contributed by atoms with Crippen molar-refractivity contribution >= 4 is 11.5 Å². The first kappa shape index (κ1) is 14.8. The fraction of sp³-hybridized carbons (Fsp3) is 0.267. The van der Waals surface area contributed by atoms with Crippen molar-refractivity contribution in [3.63, 3.8) is 0 Å². The van der Waals surface area contributed by atoms with Crippen LogP contribution >= 0.6 is 0 Å². The first-order chi connectivity index (χ1) is 10.2. The van der Waals surface area contributed by atoms with Gasteiger partial charge in [-0.25, -0.2) is 0 Å². The molecule has 0 saturated heterocycles. The molecule has 21 heavy (non-hydrogen) atoms. The Bertz CT molecular complexity index is 602. The number of anilines is 1. The van der Waals surface area contributed by atoms with Crippen molar-refractivity contribution in [3.8, 4) is 5.88 Å². The lowest BCUT2D eigenvalue weighted by molar-refractivity contribution is -0.384. The van der Waals surface area contributed by atoms with E-state index in [1.54, 1.807) is 0 Å². The lowest BCUT2D eigenvalue weighted by Gasteiger charge is -2.08. The molecule has 6 heteroatoms. The summed E-state index contributed by atoms with van der Waals surface area (Å²) in [5.74, 6) is 0.695. The van der Waals surface area contributed by atoms with Crippen LogP contribution in [-0.2, 0) is 6.61 Å². The van der Waals surface area contributed by atoms with Gasteiger partial charge in [0.2, 0.25) is 5.88 Å². The first-order valence-electron chi connectivity index (χ1n) is 6.76. The molecule has 2 rings (SSSR count). The van der Waals surface area contributed by atoms with Crippen molar-refractivity contribution in [1.29, 1.82) is 0 Å². The highest BCUT2D eigenvalue weighted by atomic mass is 16.6. The van der Waals surface area contributed by atoms with Gasteiger partial charge in [-0.05, 0) is 12.0 Å². The smallest absolute Gasteiger partial charge is 0.278 e. The van der Waals surface area contributed by atoms with Gasteiger partial charge >= 0.3 is 0 Å². The molecule has 1 aromatic carbocycles. The zero-order chi connectivity index (χ0) is 15.1. The number of benzene rings is 1. The molecule has 110 valence electrons. The third kappa shape index (κ3) is 4.45. The number of hydrogen-bond acceptors (Lipinski definition) is 5. The second kappa shape index (κ2) is 7.23. The maximum atomic E-state index is 10.9. The highest BCUT2D eigenvalue weighted by molar-refractivity contribution is 5.48. The largest absolute Gasteiger partial charge is 0.473 e. The molecule has 1 heterocycles. The average Bonchev–Trinajstić information content (AvgIpc) is 2.51. The minimum Gasteiger partial charge on any atom is -0.473 e. The van der Waals surface area contributed by atoms with Crippen LogP contribution in [0.2, 0.25) is 0 Å². The van der Waals surface area contributed by atoms with E-state index in [0.29, 0.717) is 19.0 Å². The van der Waals surface area contributed by atoms with Gasteiger partial charge in [0.25, 0.3) is 5.69 Å². The van der Waals surface area contributed by atoms with Crippen LogP contribution in [-0.4, -0.2) is 16.5 Å². The van der Waals surface area contributed by atoms with E-state index in [1.165, 1.54) is 12.1 Å². The summed E-state index contributed by atoms with van der Waals surface area (Å²) in [6.07, 6.45) is 0.907. The maximum absolute atomic E-state index is 10.9. The van der Waals surface area contributed by atoms with E-state index < -0.39 is 4.92 Å². The van der Waals surface area contributed by atoms with Crippen LogP contribution in [0, 0.1) is 10.1 Å². The summed E-state index contributed by atoms with van der Waals surface area (Å²) < 4.78 is 5.55. The Hall–Kier alpha value is -2.63. The summed E-state index contributed by atoms with van der Waals surface area (Å²) >= 11 is 0. The molecule has 1 aromatic heterocycles. The van der Waals surface area contributed by atoms with Crippen LogP contribution < -0.4 is 10.1 Å². The van der Waals surface area contributed by atoms with Crippen LogP contribution in [0.15, 0.2) is 42.5 Å². The van der Waals surface area contributed by atoms with Gasteiger partial charge in [0.15, 0.2) is 0 Å². The number of nitro groups is 1. The van der Waals surface area contributed by atoms with Gasteiger partial charge in [-0.1, -0.05) is 37.3 Å². The van der Waals surface area contributed by atoms with E-state index >= 15 is 0 Å². The monoisotopic (exact) mass is 287 g/mol. The van der Waals surface area contributed by atoms with Crippen molar-refractivity contribution in [2.45, 2.75) is 20.0 Å². The molecule has 0 atom stereocenters. The topological polar surface area (TPSA) is 77.3 Å². The van der Waals surface area contributed by atoms with Gasteiger partial charge in [0, 0.05) is 6.54 Å². The number of rotatable bonds is 7.